The molecular weight excluding hydrogens is 210 g/mol. The molecule has 0 aromatic carbocycles. The molecule has 0 saturated heterocycles. The van der Waals surface area contributed by atoms with Gasteiger partial charge in [0, 0.05) is 12.6 Å². The van der Waals surface area contributed by atoms with Crippen LogP contribution in [-0.4, -0.2) is 48.6 Å². The molecule has 3 N–H and O–H groups in total. The topological polar surface area (TPSA) is 78.8 Å². The van der Waals surface area contributed by atoms with Gasteiger partial charge in [-0.25, -0.2) is 0 Å². The number of hydrogen-bond donors (Lipinski definition) is 3. The van der Waals surface area contributed by atoms with Crippen molar-refractivity contribution in [1.29, 1.82) is 0 Å². The molecule has 0 amide bonds. The van der Waals surface area contributed by atoms with Crippen LogP contribution < -0.4 is 5.32 Å². The van der Waals surface area contributed by atoms with Crippen LogP contribution in [0.4, 0.5) is 0 Å². The lowest BCUT2D eigenvalue weighted by Crippen LogP contribution is -2.36. The highest BCUT2D eigenvalue weighted by molar-refractivity contribution is 5.70. The quantitative estimate of drug-likeness (QED) is 0.547. The number of aliphatic carboxylic acids is 1. The first-order valence-corrected chi connectivity index (χ1v) is 5.89. The number of nitrogens with one attached hydrogen (secondary N) is 1. The van der Waals surface area contributed by atoms with E-state index in [1.807, 2.05) is 0 Å². The summed E-state index contributed by atoms with van der Waals surface area (Å²) in [5, 5.41) is 20.7. The molecule has 1 aliphatic rings. The Hall–Kier alpha value is -0.650. The first-order chi connectivity index (χ1) is 7.74. The molecule has 1 rings (SSSR count). The molecule has 0 aliphatic heterocycles. The molecule has 0 bridgehead atoms. The molecular formula is C11H21NO4. The van der Waals surface area contributed by atoms with Crippen molar-refractivity contribution < 1.29 is 19.7 Å². The predicted octanol–water partition coefficient (Wildman–Crippen LogP) is 0.228. The van der Waals surface area contributed by atoms with Crippen molar-refractivity contribution >= 4 is 5.97 Å². The molecule has 0 radical (unpaired) electrons. The minimum Gasteiger partial charge on any atom is -0.481 e. The largest absolute Gasteiger partial charge is 0.481 e. The SMILES string of the molecule is O=C(O)C1CCC(NCCOCCO)CC1. The van der Waals surface area contributed by atoms with E-state index in [2.05, 4.69) is 5.32 Å². The Kier molecular flexibility index (Phi) is 6.37. The Morgan fingerprint density at radius 1 is 1.25 bits per heavy atom. The second kappa shape index (κ2) is 7.60. The van der Waals surface area contributed by atoms with Crippen LogP contribution in [0.3, 0.4) is 0 Å². The fourth-order valence-electron chi connectivity index (χ4n) is 2.05. The maximum Gasteiger partial charge on any atom is 0.306 e. The number of rotatable bonds is 7. The normalized spacial score (nSPS) is 25.6. The molecule has 0 aromatic rings. The molecule has 0 atom stereocenters. The van der Waals surface area contributed by atoms with Crippen LogP contribution in [0, 0.1) is 5.92 Å². The molecule has 1 fully saturated rings. The fraction of sp³-hybridized carbons (Fsp3) is 0.909. The fourth-order valence-corrected chi connectivity index (χ4v) is 2.05. The van der Waals surface area contributed by atoms with E-state index in [4.69, 9.17) is 14.9 Å². The van der Waals surface area contributed by atoms with Gasteiger partial charge in [-0.3, -0.25) is 4.79 Å². The van der Waals surface area contributed by atoms with Crippen molar-refractivity contribution in [2.75, 3.05) is 26.4 Å². The van der Waals surface area contributed by atoms with Gasteiger partial charge in [0.15, 0.2) is 0 Å². The van der Waals surface area contributed by atoms with Crippen molar-refractivity contribution in [3.05, 3.63) is 0 Å². The second-order valence-corrected chi connectivity index (χ2v) is 4.18. The summed E-state index contributed by atoms with van der Waals surface area (Å²) >= 11 is 0. The van der Waals surface area contributed by atoms with Crippen LogP contribution in [0.1, 0.15) is 25.7 Å². The summed E-state index contributed by atoms with van der Waals surface area (Å²) < 4.78 is 5.13. The number of carbonyl (C=O) groups is 1. The Balaban J connectivity index is 2.02. The van der Waals surface area contributed by atoms with E-state index in [0.29, 0.717) is 19.3 Å². The Morgan fingerprint density at radius 2 is 1.94 bits per heavy atom. The van der Waals surface area contributed by atoms with Crippen LogP contribution in [0.15, 0.2) is 0 Å². The maximum atomic E-state index is 10.7. The lowest BCUT2D eigenvalue weighted by atomic mass is 9.86. The number of aliphatic hydroxyl groups is 1. The van der Waals surface area contributed by atoms with E-state index in [-0.39, 0.29) is 12.5 Å². The van der Waals surface area contributed by atoms with Crippen LogP contribution in [0.2, 0.25) is 0 Å². The lowest BCUT2D eigenvalue weighted by molar-refractivity contribution is -0.142. The summed E-state index contributed by atoms with van der Waals surface area (Å²) in [5.74, 6) is -0.812. The number of carboxylic acids is 1. The number of ether oxygens (including phenoxy) is 1. The zero-order valence-electron chi connectivity index (χ0n) is 9.52. The van der Waals surface area contributed by atoms with Crippen molar-refractivity contribution in [3.8, 4) is 0 Å². The van der Waals surface area contributed by atoms with Crippen LogP contribution >= 0.6 is 0 Å². The van der Waals surface area contributed by atoms with Gasteiger partial charge in [-0.1, -0.05) is 0 Å². The molecule has 0 spiro atoms. The minimum atomic E-state index is -0.662. The van der Waals surface area contributed by atoms with Gasteiger partial charge in [0.25, 0.3) is 0 Å². The monoisotopic (exact) mass is 231 g/mol. The Morgan fingerprint density at radius 3 is 2.50 bits per heavy atom. The second-order valence-electron chi connectivity index (χ2n) is 4.18. The van der Waals surface area contributed by atoms with Crippen LogP contribution in [-0.2, 0) is 9.53 Å². The number of carboxylic acid groups (broad SMARTS) is 1. The van der Waals surface area contributed by atoms with Crippen molar-refractivity contribution in [2.24, 2.45) is 5.92 Å². The molecule has 0 heterocycles. The third-order valence-corrected chi connectivity index (χ3v) is 2.99. The van der Waals surface area contributed by atoms with E-state index in [9.17, 15) is 4.79 Å². The van der Waals surface area contributed by atoms with Gasteiger partial charge in [-0.05, 0) is 25.7 Å². The molecule has 5 nitrogen and oxygen atoms in total. The highest BCUT2D eigenvalue weighted by Crippen LogP contribution is 2.24. The van der Waals surface area contributed by atoms with E-state index < -0.39 is 5.97 Å². The summed E-state index contributed by atoms with van der Waals surface area (Å²) in [6, 6.07) is 0.424. The van der Waals surface area contributed by atoms with Crippen molar-refractivity contribution in [3.63, 3.8) is 0 Å². The smallest absolute Gasteiger partial charge is 0.306 e. The first kappa shape index (κ1) is 13.4. The van der Waals surface area contributed by atoms with E-state index in [1.165, 1.54) is 0 Å². The molecule has 94 valence electrons. The molecule has 16 heavy (non-hydrogen) atoms. The highest BCUT2D eigenvalue weighted by atomic mass is 16.5. The zero-order valence-corrected chi connectivity index (χ0v) is 9.52. The first-order valence-electron chi connectivity index (χ1n) is 5.89. The molecule has 0 unspecified atom stereocenters. The van der Waals surface area contributed by atoms with Crippen LogP contribution in [0.25, 0.3) is 0 Å². The molecule has 1 aliphatic carbocycles. The van der Waals surface area contributed by atoms with Gasteiger partial charge < -0.3 is 20.3 Å². The summed E-state index contributed by atoms with van der Waals surface area (Å²) in [6.07, 6.45) is 3.39. The van der Waals surface area contributed by atoms with Gasteiger partial charge in [0.05, 0.1) is 25.7 Å². The van der Waals surface area contributed by atoms with Crippen molar-refractivity contribution in [2.45, 2.75) is 31.7 Å². The van der Waals surface area contributed by atoms with Crippen LogP contribution in [0.5, 0.6) is 0 Å². The van der Waals surface area contributed by atoms with Gasteiger partial charge >= 0.3 is 5.97 Å². The number of aliphatic hydroxyl groups excluding tert-OH is 1. The Bertz CT molecular complexity index is 202. The number of hydrogen-bond acceptors (Lipinski definition) is 4. The zero-order chi connectivity index (χ0) is 11.8. The average Bonchev–Trinajstić information content (AvgIpc) is 2.29. The van der Waals surface area contributed by atoms with Gasteiger partial charge in [-0.15, -0.1) is 0 Å². The van der Waals surface area contributed by atoms with E-state index >= 15 is 0 Å². The van der Waals surface area contributed by atoms with E-state index in [1.54, 1.807) is 0 Å². The Labute approximate surface area is 95.8 Å². The standard InChI is InChI=1S/C11H21NO4/c13-6-8-16-7-5-12-10-3-1-9(2-4-10)11(14)15/h9-10,12-13H,1-8H2,(H,14,15). The summed E-state index contributed by atoms with van der Waals surface area (Å²) in [6.45, 7) is 1.80. The summed E-state index contributed by atoms with van der Waals surface area (Å²) in [7, 11) is 0. The summed E-state index contributed by atoms with van der Waals surface area (Å²) in [4.78, 5) is 10.7. The molecule has 0 aromatic heterocycles. The average molecular weight is 231 g/mol. The predicted molar refractivity (Wildman–Crippen MR) is 59.3 cm³/mol. The van der Waals surface area contributed by atoms with E-state index in [0.717, 1.165) is 32.2 Å². The maximum absolute atomic E-state index is 10.7. The summed E-state index contributed by atoms with van der Waals surface area (Å²) in [5.41, 5.74) is 0. The van der Waals surface area contributed by atoms with Crippen molar-refractivity contribution in [1.82, 2.24) is 5.32 Å². The highest BCUT2D eigenvalue weighted by Gasteiger charge is 2.25. The lowest BCUT2D eigenvalue weighted by Gasteiger charge is -2.26. The third kappa shape index (κ3) is 4.92. The van der Waals surface area contributed by atoms with Gasteiger partial charge in [0.1, 0.15) is 0 Å². The molecule has 1 saturated carbocycles. The minimum absolute atomic E-state index is 0.0592. The van der Waals surface area contributed by atoms with Gasteiger partial charge in [-0.2, -0.15) is 0 Å². The third-order valence-electron chi connectivity index (χ3n) is 2.99. The molecule has 5 heteroatoms. The van der Waals surface area contributed by atoms with Gasteiger partial charge in [0.2, 0.25) is 0 Å².